The number of aromatic amines is 1. The van der Waals surface area contributed by atoms with Gasteiger partial charge in [0.1, 0.15) is 16.7 Å². The molecule has 0 fully saturated rings. The molecule has 3 nitrogen and oxygen atoms in total. The first-order chi connectivity index (χ1) is 7.08. The second-order valence-corrected chi connectivity index (χ2v) is 3.72. The summed E-state index contributed by atoms with van der Waals surface area (Å²) in [5, 5.41) is 0.595. The predicted molar refractivity (Wildman–Crippen MR) is 58.4 cm³/mol. The number of anilines is 1. The molecule has 3 N–H and O–H groups in total. The number of aromatic nitrogens is 2. The highest BCUT2D eigenvalue weighted by Gasteiger charge is 2.13. The molecule has 0 unspecified atom stereocenters. The van der Waals surface area contributed by atoms with Crippen molar-refractivity contribution in [1.29, 1.82) is 0 Å². The van der Waals surface area contributed by atoms with Gasteiger partial charge in [0.15, 0.2) is 5.95 Å². The molecule has 78 valence electrons. The quantitative estimate of drug-likeness (QED) is 0.812. The van der Waals surface area contributed by atoms with E-state index in [9.17, 15) is 4.39 Å². The number of H-pyrrole nitrogens is 1. The molecule has 0 bridgehead atoms. The lowest BCUT2D eigenvalue weighted by atomic mass is 10.1. The van der Waals surface area contributed by atoms with Crippen molar-refractivity contribution in [2.45, 2.75) is 0 Å². The molecule has 0 atom stereocenters. The van der Waals surface area contributed by atoms with Crippen LogP contribution in [0.1, 0.15) is 0 Å². The van der Waals surface area contributed by atoms with E-state index in [0.717, 1.165) is 0 Å². The van der Waals surface area contributed by atoms with Crippen molar-refractivity contribution < 1.29 is 4.39 Å². The normalized spacial score (nSPS) is 10.6. The van der Waals surface area contributed by atoms with Gasteiger partial charge in [-0.05, 0) is 18.2 Å². The molecular weight excluding hydrogens is 240 g/mol. The van der Waals surface area contributed by atoms with Gasteiger partial charge in [0.05, 0.1) is 0 Å². The second kappa shape index (κ2) is 3.72. The standard InChI is InChI=1S/C9H6Cl2FN3/c10-4-1-2-6(12)5(3-4)7-8(11)15-9(13)14-7/h1-3H,(H3,13,14,15). The van der Waals surface area contributed by atoms with Crippen LogP contribution >= 0.6 is 23.2 Å². The van der Waals surface area contributed by atoms with E-state index in [4.69, 9.17) is 28.9 Å². The summed E-state index contributed by atoms with van der Waals surface area (Å²) < 4.78 is 13.4. The van der Waals surface area contributed by atoms with Crippen molar-refractivity contribution in [1.82, 2.24) is 9.97 Å². The van der Waals surface area contributed by atoms with Gasteiger partial charge < -0.3 is 10.7 Å². The summed E-state index contributed by atoms with van der Waals surface area (Å²) in [6.07, 6.45) is 0. The first kappa shape index (κ1) is 10.3. The van der Waals surface area contributed by atoms with Crippen LogP contribution in [0.3, 0.4) is 0 Å². The summed E-state index contributed by atoms with van der Waals surface area (Å²) >= 11 is 11.5. The Hall–Kier alpha value is -1.26. The van der Waals surface area contributed by atoms with Crippen LogP contribution in [0.2, 0.25) is 10.2 Å². The summed E-state index contributed by atoms with van der Waals surface area (Å²) in [4.78, 5) is 6.45. The minimum atomic E-state index is -0.451. The van der Waals surface area contributed by atoms with Crippen molar-refractivity contribution in [3.8, 4) is 11.3 Å². The molecule has 15 heavy (non-hydrogen) atoms. The molecule has 2 aromatic rings. The van der Waals surface area contributed by atoms with Crippen molar-refractivity contribution in [3.63, 3.8) is 0 Å². The molecule has 0 spiro atoms. The van der Waals surface area contributed by atoms with Gasteiger partial charge in [-0.25, -0.2) is 9.37 Å². The second-order valence-electron chi connectivity index (χ2n) is 2.91. The number of hydrogen-bond acceptors (Lipinski definition) is 2. The summed E-state index contributed by atoms with van der Waals surface area (Å²) in [5.74, 6) is -0.317. The number of benzene rings is 1. The highest BCUT2D eigenvalue weighted by molar-refractivity contribution is 6.32. The predicted octanol–water partition coefficient (Wildman–Crippen LogP) is 3.10. The molecular formula is C9H6Cl2FN3. The smallest absolute Gasteiger partial charge is 0.199 e. The first-order valence-corrected chi connectivity index (χ1v) is 4.80. The van der Waals surface area contributed by atoms with E-state index in [2.05, 4.69) is 9.97 Å². The first-order valence-electron chi connectivity index (χ1n) is 4.04. The minimum Gasteiger partial charge on any atom is -0.369 e. The van der Waals surface area contributed by atoms with Crippen LogP contribution in [0, 0.1) is 5.82 Å². The Bertz CT molecular complexity index is 510. The van der Waals surface area contributed by atoms with Crippen LogP contribution in [0.25, 0.3) is 11.3 Å². The minimum absolute atomic E-state index is 0.134. The average Bonchev–Trinajstić information content (AvgIpc) is 2.50. The highest BCUT2D eigenvalue weighted by Crippen LogP contribution is 2.30. The Balaban J connectivity index is 2.62. The van der Waals surface area contributed by atoms with Crippen LogP contribution < -0.4 is 5.73 Å². The molecule has 0 radical (unpaired) electrons. The number of hydrogen-bond donors (Lipinski definition) is 2. The molecule has 0 aliphatic rings. The average molecular weight is 246 g/mol. The van der Waals surface area contributed by atoms with Crippen LogP contribution in [0.5, 0.6) is 0 Å². The molecule has 0 aliphatic carbocycles. The summed E-state index contributed by atoms with van der Waals surface area (Å²) in [7, 11) is 0. The zero-order valence-electron chi connectivity index (χ0n) is 7.39. The number of nitrogens with zero attached hydrogens (tertiary/aromatic N) is 1. The monoisotopic (exact) mass is 245 g/mol. The molecule has 0 aliphatic heterocycles. The number of rotatable bonds is 1. The summed E-state index contributed by atoms with van der Waals surface area (Å²) in [5.41, 5.74) is 5.88. The van der Waals surface area contributed by atoms with Crippen molar-refractivity contribution in [2.75, 3.05) is 5.73 Å². The SMILES string of the molecule is Nc1nc(-c2cc(Cl)ccc2F)c(Cl)[nH]1. The van der Waals surface area contributed by atoms with E-state index >= 15 is 0 Å². The largest absolute Gasteiger partial charge is 0.369 e. The third-order valence-corrected chi connectivity index (χ3v) is 2.37. The molecule has 1 aromatic heterocycles. The van der Waals surface area contributed by atoms with Crippen LogP contribution in [0.15, 0.2) is 18.2 Å². The Morgan fingerprint density at radius 3 is 2.67 bits per heavy atom. The maximum absolute atomic E-state index is 13.4. The van der Waals surface area contributed by atoms with Crippen molar-refractivity contribution in [3.05, 3.63) is 34.2 Å². The zero-order chi connectivity index (χ0) is 11.0. The van der Waals surface area contributed by atoms with Gasteiger partial charge >= 0.3 is 0 Å². The number of nitrogens with two attached hydrogens (primary N) is 1. The van der Waals surface area contributed by atoms with E-state index in [0.29, 0.717) is 5.02 Å². The molecule has 6 heteroatoms. The Morgan fingerprint density at radius 1 is 1.33 bits per heavy atom. The van der Waals surface area contributed by atoms with Crippen molar-refractivity contribution in [2.24, 2.45) is 0 Å². The number of nitrogen functional groups attached to an aromatic ring is 1. The van der Waals surface area contributed by atoms with Gasteiger partial charge in [0, 0.05) is 10.6 Å². The Morgan fingerprint density at radius 2 is 2.07 bits per heavy atom. The van der Waals surface area contributed by atoms with Crippen molar-refractivity contribution >= 4 is 29.2 Å². The molecule has 2 rings (SSSR count). The molecule has 1 aromatic carbocycles. The van der Waals surface area contributed by atoms with Gasteiger partial charge in [0.2, 0.25) is 0 Å². The van der Waals surface area contributed by atoms with Gasteiger partial charge in [-0.15, -0.1) is 0 Å². The summed E-state index contributed by atoms with van der Waals surface area (Å²) in [6.45, 7) is 0. The molecule has 0 amide bonds. The maximum Gasteiger partial charge on any atom is 0.199 e. The lowest BCUT2D eigenvalue weighted by molar-refractivity contribution is 0.631. The number of imidazole rings is 1. The summed E-state index contributed by atoms with van der Waals surface area (Å²) in [6, 6.07) is 4.14. The number of nitrogens with one attached hydrogen (secondary N) is 1. The van der Waals surface area contributed by atoms with Gasteiger partial charge in [-0.3, -0.25) is 0 Å². The lowest BCUT2D eigenvalue weighted by Crippen LogP contribution is -1.87. The van der Waals surface area contributed by atoms with E-state index < -0.39 is 5.82 Å². The highest BCUT2D eigenvalue weighted by atomic mass is 35.5. The molecule has 0 saturated carbocycles. The fourth-order valence-corrected chi connectivity index (χ4v) is 1.64. The van der Waals surface area contributed by atoms with Gasteiger partial charge in [0.25, 0.3) is 0 Å². The van der Waals surface area contributed by atoms with Gasteiger partial charge in [-0.1, -0.05) is 23.2 Å². The van der Waals surface area contributed by atoms with E-state index in [1.165, 1.54) is 18.2 Å². The molecule has 0 saturated heterocycles. The van der Waals surface area contributed by atoms with E-state index in [1.54, 1.807) is 0 Å². The number of halogens is 3. The van der Waals surface area contributed by atoms with Crippen LogP contribution in [-0.2, 0) is 0 Å². The maximum atomic E-state index is 13.4. The topological polar surface area (TPSA) is 54.7 Å². The Kier molecular flexibility index (Phi) is 2.54. The van der Waals surface area contributed by atoms with Crippen LogP contribution in [-0.4, -0.2) is 9.97 Å². The van der Waals surface area contributed by atoms with Crippen LogP contribution in [0.4, 0.5) is 10.3 Å². The van der Waals surface area contributed by atoms with E-state index in [-0.39, 0.29) is 22.4 Å². The fraction of sp³-hybridized carbons (Fsp3) is 0. The fourth-order valence-electron chi connectivity index (χ4n) is 1.23. The zero-order valence-corrected chi connectivity index (χ0v) is 8.90. The third kappa shape index (κ3) is 1.91. The third-order valence-electron chi connectivity index (χ3n) is 1.86. The van der Waals surface area contributed by atoms with Gasteiger partial charge in [-0.2, -0.15) is 0 Å². The molecule has 1 heterocycles. The lowest BCUT2D eigenvalue weighted by Gasteiger charge is -2.00. The Labute approximate surface area is 95.0 Å². The van der Waals surface area contributed by atoms with E-state index in [1.807, 2.05) is 0 Å².